The summed E-state index contributed by atoms with van der Waals surface area (Å²) in [6.45, 7) is 3.25. The lowest BCUT2D eigenvalue weighted by molar-refractivity contribution is 0.736. The van der Waals surface area contributed by atoms with Gasteiger partial charge in [-0.15, -0.1) is 0 Å². The van der Waals surface area contributed by atoms with E-state index in [4.69, 9.17) is 0 Å². The molecule has 0 nitrogen and oxygen atoms in total. The average molecular weight is 125 g/mol. The third-order valence-corrected chi connectivity index (χ3v) is 4.42. The van der Waals surface area contributed by atoms with E-state index in [1.165, 1.54) is 0 Å². The first-order valence-electron chi connectivity index (χ1n) is 2.34. The normalized spacial score (nSPS) is 46.3. The Bertz CT molecular complexity index is 81.7. The van der Waals surface area contributed by atoms with Gasteiger partial charge in [-0.3, -0.25) is 0 Å². The lowest BCUT2D eigenvalue weighted by Gasteiger charge is -1.69. The molecule has 2 unspecified atom stereocenters. The lowest BCUT2D eigenvalue weighted by atomic mass is 10.4. The molecule has 7 heavy (non-hydrogen) atoms. The van der Waals surface area contributed by atoms with Crippen LogP contribution in [0.15, 0.2) is 0 Å². The zero-order chi connectivity index (χ0) is 5.65. The van der Waals surface area contributed by atoms with Crippen LogP contribution in [0.2, 0.25) is 0 Å². The van der Waals surface area contributed by atoms with Gasteiger partial charge in [-0.2, -0.15) is 0 Å². The van der Waals surface area contributed by atoms with Crippen molar-refractivity contribution in [2.24, 2.45) is 0 Å². The summed E-state index contributed by atoms with van der Waals surface area (Å²) in [5, 5.41) is 0. The minimum Gasteiger partial charge on any atom is -0.0226 e. The molecule has 1 fully saturated rings. The van der Waals surface area contributed by atoms with E-state index in [2.05, 4.69) is 0 Å². The molecule has 1 saturated heterocycles. The number of halogens is 2. The first-order valence-corrected chi connectivity index (χ1v) is 4.05. The van der Waals surface area contributed by atoms with Crippen LogP contribution in [0.1, 0.15) is 13.8 Å². The molecular weight excluding hydrogens is 117 g/mol. The minimum absolute atomic E-state index is 0.257. The van der Waals surface area contributed by atoms with Crippen molar-refractivity contribution in [1.29, 1.82) is 0 Å². The summed E-state index contributed by atoms with van der Waals surface area (Å²) in [6.07, 6.45) is 0. The molecule has 0 bridgehead atoms. The largest absolute Gasteiger partial charge is 0.401 e. The third kappa shape index (κ3) is 0.567. The van der Waals surface area contributed by atoms with Crippen molar-refractivity contribution in [1.82, 2.24) is 0 Å². The van der Waals surface area contributed by atoms with Crippen LogP contribution in [-0.4, -0.2) is 11.3 Å². The number of rotatable bonds is 0. The molecule has 1 rings (SSSR count). The highest BCUT2D eigenvalue weighted by molar-refractivity contribution is 7.75. The molecule has 1 aliphatic heterocycles. The van der Waals surface area contributed by atoms with Crippen molar-refractivity contribution in [3.63, 3.8) is 0 Å². The highest BCUT2D eigenvalue weighted by atomic mass is 31.2. The topological polar surface area (TPSA) is 0 Å². The van der Waals surface area contributed by atoms with Gasteiger partial charge in [0.05, 0.1) is 0 Å². The molecule has 0 spiro atoms. The summed E-state index contributed by atoms with van der Waals surface area (Å²) >= 11 is 0. The first-order chi connectivity index (χ1) is 3.07. The molecule has 0 aromatic rings. The molecule has 42 valence electrons. The molecule has 0 saturated carbocycles. The maximum Gasteiger partial charge on any atom is 0.401 e. The summed E-state index contributed by atoms with van der Waals surface area (Å²) in [6, 6.07) is 0. The fourth-order valence-corrected chi connectivity index (χ4v) is 2.09. The molecule has 0 amide bonds. The van der Waals surface area contributed by atoms with Gasteiger partial charge in [0.15, 0.2) is 11.3 Å². The predicted octanol–water partition coefficient (Wildman–Crippen LogP) is 2.56. The van der Waals surface area contributed by atoms with E-state index in [9.17, 15) is 8.39 Å². The van der Waals surface area contributed by atoms with Crippen molar-refractivity contribution >= 4 is 7.88 Å². The van der Waals surface area contributed by atoms with E-state index in [0.717, 1.165) is 0 Å². The monoisotopic (exact) mass is 125 g/mol. The average Bonchev–Trinajstić information content (AvgIpc) is 1.91. The first kappa shape index (κ1) is 5.43. The van der Waals surface area contributed by atoms with Crippen LogP contribution in [0.4, 0.5) is 8.39 Å². The summed E-state index contributed by atoms with van der Waals surface area (Å²) in [7, 11) is -3.32. The molecule has 0 N–H and O–H groups in total. The van der Waals surface area contributed by atoms with Gasteiger partial charge in [0.1, 0.15) is 0 Å². The van der Waals surface area contributed by atoms with Gasteiger partial charge in [0.25, 0.3) is 0 Å². The Morgan fingerprint density at radius 1 is 1.14 bits per heavy atom. The van der Waals surface area contributed by atoms with E-state index in [-0.39, 0.29) is 11.3 Å². The number of hydrogen-bond donors (Lipinski definition) is 0. The van der Waals surface area contributed by atoms with E-state index in [0.29, 0.717) is 0 Å². The Morgan fingerprint density at radius 2 is 1.29 bits per heavy atom. The fraction of sp³-hybridized carbons (Fsp3) is 1.00. The van der Waals surface area contributed by atoms with Crippen LogP contribution in [0.3, 0.4) is 0 Å². The standard InChI is InChI=1S/C4H8F2P/c1-3-4(2)7(3,5)6/h3-4H,1-2H3/q+1. The molecule has 0 aliphatic carbocycles. The molecule has 2 atom stereocenters. The van der Waals surface area contributed by atoms with Crippen LogP contribution >= 0.6 is 7.88 Å². The van der Waals surface area contributed by atoms with Gasteiger partial charge in [-0.1, -0.05) is 0 Å². The second-order valence-electron chi connectivity index (χ2n) is 2.08. The van der Waals surface area contributed by atoms with Crippen molar-refractivity contribution in [2.75, 3.05) is 0 Å². The highest BCUT2D eigenvalue weighted by Crippen LogP contribution is 2.86. The Balaban J connectivity index is 2.52. The van der Waals surface area contributed by atoms with Gasteiger partial charge in [-0.25, -0.2) is 0 Å². The van der Waals surface area contributed by atoms with Gasteiger partial charge in [0, 0.05) is 0 Å². The zero-order valence-corrected chi connectivity index (χ0v) is 5.25. The quantitative estimate of drug-likeness (QED) is 0.436. The van der Waals surface area contributed by atoms with Crippen molar-refractivity contribution < 1.29 is 8.39 Å². The van der Waals surface area contributed by atoms with Crippen molar-refractivity contribution in [2.45, 2.75) is 25.2 Å². The van der Waals surface area contributed by atoms with E-state index >= 15 is 0 Å². The second-order valence-corrected chi connectivity index (χ2v) is 4.92. The third-order valence-electron chi connectivity index (χ3n) is 1.69. The Morgan fingerprint density at radius 3 is 1.29 bits per heavy atom. The molecular formula is C4H8F2P+. The smallest absolute Gasteiger partial charge is 0.0226 e. The van der Waals surface area contributed by atoms with Crippen molar-refractivity contribution in [3.8, 4) is 0 Å². The molecule has 1 heterocycles. The van der Waals surface area contributed by atoms with Crippen LogP contribution in [0.25, 0.3) is 0 Å². The molecule has 1 aliphatic rings. The zero-order valence-electron chi connectivity index (χ0n) is 4.36. The Hall–Kier alpha value is 0.290. The van der Waals surface area contributed by atoms with Crippen LogP contribution < -0.4 is 0 Å². The van der Waals surface area contributed by atoms with Gasteiger partial charge in [-0.05, 0) is 22.2 Å². The molecule has 0 aromatic carbocycles. The molecule has 0 aromatic heterocycles. The SMILES string of the molecule is CC1C(C)[P+]1(F)F. The molecule has 3 heteroatoms. The van der Waals surface area contributed by atoms with Crippen LogP contribution in [-0.2, 0) is 0 Å². The number of hydrogen-bond acceptors (Lipinski definition) is 0. The van der Waals surface area contributed by atoms with Crippen molar-refractivity contribution in [3.05, 3.63) is 0 Å². The van der Waals surface area contributed by atoms with Crippen LogP contribution in [0.5, 0.6) is 0 Å². The predicted molar refractivity (Wildman–Crippen MR) is 28.1 cm³/mol. The lowest BCUT2D eigenvalue weighted by Crippen LogP contribution is -1.74. The van der Waals surface area contributed by atoms with E-state index in [1.54, 1.807) is 13.8 Å². The summed E-state index contributed by atoms with van der Waals surface area (Å²) in [4.78, 5) is 0. The van der Waals surface area contributed by atoms with Gasteiger partial charge in [0.2, 0.25) is 0 Å². The highest BCUT2D eigenvalue weighted by Gasteiger charge is 2.76. The van der Waals surface area contributed by atoms with Gasteiger partial charge >= 0.3 is 7.88 Å². The second kappa shape index (κ2) is 1.17. The summed E-state index contributed by atoms with van der Waals surface area (Å²) in [5.74, 6) is 0. The molecule has 0 radical (unpaired) electrons. The Kier molecular flexibility index (Phi) is 0.904. The van der Waals surface area contributed by atoms with Crippen LogP contribution in [0, 0.1) is 0 Å². The maximum absolute atomic E-state index is 12.0. The summed E-state index contributed by atoms with van der Waals surface area (Å²) < 4.78 is 24.1. The Labute approximate surface area is 42.5 Å². The fourth-order valence-electron chi connectivity index (χ4n) is 0.597. The summed E-state index contributed by atoms with van der Waals surface area (Å²) in [5.41, 5.74) is -0.514. The maximum atomic E-state index is 12.0. The van der Waals surface area contributed by atoms with E-state index in [1.807, 2.05) is 0 Å². The minimum atomic E-state index is -3.32. The van der Waals surface area contributed by atoms with E-state index < -0.39 is 7.88 Å². The van der Waals surface area contributed by atoms with Gasteiger partial charge < -0.3 is 0 Å².